The second-order valence-electron chi connectivity index (χ2n) is 13.1. The summed E-state index contributed by atoms with van der Waals surface area (Å²) in [5.74, 6) is -0.179. The molecule has 7 nitrogen and oxygen atoms in total. The number of carbonyl (C=O) groups excluding carboxylic acids is 1. The van der Waals surface area contributed by atoms with Crippen LogP contribution in [0.3, 0.4) is 0 Å². The Labute approximate surface area is 248 Å². The highest BCUT2D eigenvalue weighted by Crippen LogP contribution is 2.12. The molecule has 41 heavy (non-hydrogen) atoms. The molecule has 4 aromatic rings. The number of allylic oxidation sites excluding steroid dienone is 1. The van der Waals surface area contributed by atoms with Gasteiger partial charge < -0.3 is 10.1 Å². The molecule has 0 atom stereocenters. The highest BCUT2D eigenvalue weighted by atomic mass is 16.5. The fourth-order valence-corrected chi connectivity index (χ4v) is 3.07. The van der Waals surface area contributed by atoms with Crippen LogP contribution >= 0.6 is 0 Å². The molecule has 2 aromatic heterocycles. The summed E-state index contributed by atoms with van der Waals surface area (Å²) < 4.78 is 8.60. The van der Waals surface area contributed by atoms with Crippen LogP contribution in [0.2, 0.25) is 0 Å². The lowest BCUT2D eigenvalue weighted by Gasteiger charge is -2.05. The molecule has 0 aliphatic heterocycles. The highest BCUT2D eigenvalue weighted by Gasteiger charge is 2.04. The molecule has 0 saturated carbocycles. The summed E-state index contributed by atoms with van der Waals surface area (Å²) in [6.45, 7) is 25.1. The van der Waals surface area contributed by atoms with E-state index in [-0.39, 0.29) is 5.97 Å². The molecule has 0 unspecified atom stereocenters. The van der Waals surface area contributed by atoms with Crippen molar-refractivity contribution in [1.82, 2.24) is 24.9 Å². The second kappa shape index (κ2) is 17.3. The molecule has 2 aromatic carbocycles. The van der Waals surface area contributed by atoms with Gasteiger partial charge in [0.2, 0.25) is 0 Å². The fraction of sp³-hybridized carbons (Fsp3) is 0.500. The van der Waals surface area contributed by atoms with E-state index in [0.29, 0.717) is 30.4 Å². The minimum Gasteiger partial charge on any atom is -0.466 e. The van der Waals surface area contributed by atoms with Crippen LogP contribution in [0.15, 0.2) is 73.2 Å². The maximum Gasteiger partial charge on any atom is 0.307 e. The van der Waals surface area contributed by atoms with E-state index in [1.807, 2.05) is 60.4 Å². The number of hydrogen-bond acceptors (Lipinski definition) is 5. The summed E-state index contributed by atoms with van der Waals surface area (Å²) in [5, 5.41) is 14.1. The largest absolute Gasteiger partial charge is 0.466 e. The van der Waals surface area contributed by atoms with Crippen molar-refractivity contribution in [1.29, 1.82) is 0 Å². The Hall–Kier alpha value is -3.61. The molecular weight excluding hydrogens is 510 g/mol. The summed E-state index contributed by atoms with van der Waals surface area (Å²) in [7, 11) is 1.89. The molecule has 0 spiro atoms. The van der Waals surface area contributed by atoms with E-state index in [4.69, 9.17) is 4.74 Å². The van der Waals surface area contributed by atoms with Crippen LogP contribution < -0.4 is 5.32 Å². The zero-order chi connectivity index (χ0) is 31.1. The molecule has 0 saturated heterocycles. The molecule has 0 fully saturated rings. The number of carbonyl (C=O) groups is 1. The Bertz CT molecular complexity index is 1230. The van der Waals surface area contributed by atoms with Gasteiger partial charge in [-0.05, 0) is 29.9 Å². The van der Waals surface area contributed by atoms with E-state index in [9.17, 15) is 4.79 Å². The Morgan fingerprint density at radius 2 is 1.17 bits per heavy atom. The molecule has 0 amide bonds. The third kappa shape index (κ3) is 17.6. The third-order valence-electron chi connectivity index (χ3n) is 4.77. The van der Waals surface area contributed by atoms with Gasteiger partial charge in [0, 0.05) is 48.9 Å². The second-order valence-corrected chi connectivity index (χ2v) is 13.1. The van der Waals surface area contributed by atoms with E-state index >= 15 is 0 Å². The van der Waals surface area contributed by atoms with Crippen molar-refractivity contribution in [2.75, 3.05) is 13.7 Å². The van der Waals surface area contributed by atoms with Gasteiger partial charge in [0.1, 0.15) is 0 Å². The normalized spacial score (nSPS) is 10.9. The van der Waals surface area contributed by atoms with Gasteiger partial charge in [0.15, 0.2) is 0 Å². The molecule has 1 N–H and O–H groups in total. The molecule has 0 aliphatic carbocycles. The van der Waals surface area contributed by atoms with E-state index in [2.05, 4.69) is 89.7 Å². The highest BCUT2D eigenvalue weighted by molar-refractivity contribution is 5.78. The van der Waals surface area contributed by atoms with Crippen LogP contribution in [-0.4, -0.2) is 39.2 Å². The van der Waals surface area contributed by atoms with E-state index in [1.165, 1.54) is 5.39 Å². The molecule has 7 heteroatoms. The Kier molecular flexibility index (Phi) is 14.9. The van der Waals surface area contributed by atoms with Crippen molar-refractivity contribution in [3.63, 3.8) is 0 Å². The quantitative estimate of drug-likeness (QED) is 0.219. The number of aryl methyl sites for hydroxylation is 2. The zero-order valence-electron chi connectivity index (χ0n) is 27.1. The van der Waals surface area contributed by atoms with E-state index in [0.717, 1.165) is 35.1 Å². The van der Waals surface area contributed by atoms with Crippen molar-refractivity contribution in [2.24, 2.45) is 10.8 Å². The monoisotopic (exact) mass is 563 g/mol. The molecule has 226 valence electrons. The molecule has 0 radical (unpaired) electrons. The SMILES string of the molecule is C=C(CCn1cc2ccccc2n1)NC.CC(C)(C)C.CC(C)(C)C.CCOC(=O)CCn1cc2ccccc2n1. The molecule has 0 aliphatic rings. The van der Waals surface area contributed by atoms with Crippen LogP contribution in [0.1, 0.15) is 75.2 Å². The fourth-order valence-electron chi connectivity index (χ4n) is 3.07. The lowest BCUT2D eigenvalue weighted by molar-refractivity contribution is -0.143. The van der Waals surface area contributed by atoms with Crippen LogP contribution in [0.4, 0.5) is 0 Å². The number of nitrogens with zero attached hydrogens (tertiary/aromatic N) is 4. The predicted octanol–water partition coefficient (Wildman–Crippen LogP) is 8.25. The lowest BCUT2D eigenvalue weighted by atomic mass is 10.0. The first-order chi connectivity index (χ1) is 19.1. The van der Waals surface area contributed by atoms with Gasteiger partial charge in [-0.3, -0.25) is 14.2 Å². The molecule has 4 rings (SSSR count). The zero-order valence-corrected chi connectivity index (χ0v) is 27.1. The van der Waals surface area contributed by atoms with Crippen LogP contribution in [0, 0.1) is 10.8 Å². The number of nitrogens with one attached hydrogen (secondary N) is 1. The minimum atomic E-state index is -0.179. The molecule has 0 bridgehead atoms. The number of ether oxygens (including phenoxy) is 1. The van der Waals surface area contributed by atoms with Gasteiger partial charge in [-0.25, -0.2) is 0 Å². The van der Waals surface area contributed by atoms with Gasteiger partial charge in [-0.15, -0.1) is 0 Å². The van der Waals surface area contributed by atoms with Crippen LogP contribution in [0.5, 0.6) is 0 Å². The summed E-state index contributed by atoms with van der Waals surface area (Å²) in [5.41, 5.74) is 4.04. The van der Waals surface area contributed by atoms with E-state index in [1.54, 1.807) is 11.6 Å². The summed E-state index contributed by atoms with van der Waals surface area (Å²) in [6, 6.07) is 16.0. The number of benzene rings is 2. The Morgan fingerprint density at radius 3 is 1.54 bits per heavy atom. The maximum atomic E-state index is 11.2. The molecular formula is C34H53N5O2. The van der Waals surface area contributed by atoms with Crippen molar-refractivity contribution >= 4 is 27.8 Å². The number of esters is 1. The number of aromatic nitrogens is 4. The van der Waals surface area contributed by atoms with Crippen LogP contribution in [0.25, 0.3) is 21.8 Å². The third-order valence-corrected chi connectivity index (χ3v) is 4.77. The smallest absolute Gasteiger partial charge is 0.307 e. The summed E-state index contributed by atoms with van der Waals surface area (Å²) >= 11 is 0. The minimum absolute atomic E-state index is 0.179. The van der Waals surface area contributed by atoms with Gasteiger partial charge in [-0.1, -0.05) is 98.4 Å². The standard InChI is InChI=1S/C12H15N3.C12H14N2O2.2C5H12/c1-10(13-2)7-8-15-9-11-5-3-4-6-12(11)14-15;1-2-16-12(15)7-8-14-9-10-5-3-4-6-11(10)13-14;2*1-5(2,3)4/h3-6,9,13H,1,7-8H2,2H3;3-6,9H,2,7-8H2,1H3;2*1-4H3. The number of fused-ring (bicyclic) bond motifs is 2. The van der Waals surface area contributed by atoms with Gasteiger partial charge in [0.05, 0.1) is 30.6 Å². The Balaban J connectivity index is 0.000000311. The average Bonchev–Trinajstić information content (AvgIpc) is 3.48. The van der Waals surface area contributed by atoms with Crippen molar-refractivity contribution in [3.8, 4) is 0 Å². The van der Waals surface area contributed by atoms with Gasteiger partial charge >= 0.3 is 5.97 Å². The van der Waals surface area contributed by atoms with Crippen LogP contribution in [-0.2, 0) is 22.6 Å². The van der Waals surface area contributed by atoms with Crippen molar-refractivity contribution in [3.05, 3.63) is 73.2 Å². The molecule has 2 heterocycles. The van der Waals surface area contributed by atoms with Crippen molar-refractivity contribution < 1.29 is 9.53 Å². The number of rotatable bonds is 8. The van der Waals surface area contributed by atoms with Crippen molar-refractivity contribution in [2.45, 2.75) is 88.2 Å². The first-order valence-electron chi connectivity index (χ1n) is 14.4. The number of hydrogen-bond donors (Lipinski definition) is 1. The average molecular weight is 564 g/mol. The topological polar surface area (TPSA) is 74.0 Å². The predicted molar refractivity (Wildman–Crippen MR) is 174 cm³/mol. The summed E-state index contributed by atoms with van der Waals surface area (Å²) in [4.78, 5) is 11.2. The first-order valence-corrected chi connectivity index (χ1v) is 14.4. The van der Waals surface area contributed by atoms with Gasteiger partial charge in [0.25, 0.3) is 0 Å². The summed E-state index contributed by atoms with van der Waals surface area (Å²) in [6.07, 6.45) is 5.28. The Morgan fingerprint density at radius 1 is 0.780 bits per heavy atom. The maximum absolute atomic E-state index is 11.2. The lowest BCUT2D eigenvalue weighted by Crippen LogP contribution is -2.09. The van der Waals surface area contributed by atoms with Gasteiger partial charge in [-0.2, -0.15) is 10.2 Å². The first kappa shape index (κ1) is 35.4. The van der Waals surface area contributed by atoms with E-state index < -0.39 is 0 Å².